The van der Waals surface area contributed by atoms with Gasteiger partial charge in [0, 0.05) is 25.3 Å². The zero-order valence-corrected chi connectivity index (χ0v) is 13.6. The predicted octanol–water partition coefficient (Wildman–Crippen LogP) is 1.42. The van der Waals surface area contributed by atoms with E-state index in [1.165, 1.54) is 12.8 Å². The van der Waals surface area contributed by atoms with Crippen LogP contribution in [0.5, 0.6) is 0 Å². The Bertz CT molecular complexity index is 541. The van der Waals surface area contributed by atoms with Gasteiger partial charge in [0.1, 0.15) is 0 Å². The minimum atomic E-state index is -3.36. The second-order valence-electron chi connectivity index (χ2n) is 5.51. The molecule has 6 heteroatoms. The number of rotatable bonds is 6. The van der Waals surface area contributed by atoms with Crippen LogP contribution in [0.2, 0.25) is 0 Å². The molecule has 2 N–H and O–H groups in total. The Hall–Kier alpha value is -1.11. The Morgan fingerprint density at radius 1 is 1.29 bits per heavy atom. The SMILES string of the molecule is CCNS(=O)(=O)c1ccc(N2CCCC(CNC)C2)cc1. The van der Waals surface area contributed by atoms with Gasteiger partial charge in [-0.3, -0.25) is 0 Å². The van der Waals surface area contributed by atoms with Gasteiger partial charge in [-0.15, -0.1) is 0 Å². The van der Waals surface area contributed by atoms with Gasteiger partial charge in [-0.2, -0.15) is 0 Å². The van der Waals surface area contributed by atoms with Gasteiger partial charge in [-0.25, -0.2) is 13.1 Å². The van der Waals surface area contributed by atoms with Crippen molar-refractivity contribution in [2.45, 2.75) is 24.7 Å². The van der Waals surface area contributed by atoms with Gasteiger partial charge in [0.25, 0.3) is 0 Å². The van der Waals surface area contributed by atoms with E-state index in [0.29, 0.717) is 17.4 Å². The van der Waals surface area contributed by atoms with Gasteiger partial charge in [0.2, 0.25) is 10.0 Å². The maximum atomic E-state index is 11.9. The third kappa shape index (κ3) is 4.18. The average molecular weight is 311 g/mol. The van der Waals surface area contributed by atoms with Gasteiger partial charge in [-0.1, -0.05) is 6.92 Å². The first kappa shape index (κ1) is 16.3. The molecule has 2 rings (SSSR count). The third-order valence-corrected chi connectivity index (χ3v) is 5.42. The maximum absolute atomic E-state index is 11.9. The van der Waals surface area contributed by atoms with Crippen LogP contribution < -0.4 is 14.9 Å². The van der Waals surface area contributed by atoms with E-state index in [9.17, 15) is 8.42 Å². The molecule has 1 unspecified atom stereocenters. The van der Waals surface area contributed by atoms with Crippen LogP contribution in [0, 0.1) is 5.92 Å². The molecule has 21 heavy (non-hydrogen) atoms. The Labute approximate surface area is 127 Å². The smallest absolute Gasteiger partial charge is 0.240 e. The van der Waals surface area contributed by atoms with Gasteiger partial charge in [0.05, 0.1) is 4.90 Å². The van der Waals surface area contributed by atoms with Crippen LogP contribution in [0.4, 0.5) is 5.69 Å². The van der Waals surface area contributed by atoms with E-state index in [-0.39, 0.29) is 0 Å². The Kier molecular flexibility index (Phi) is 5.61. The van der Waals surface area contributed by atoms with E-state index in [2.05, 4.69) is 14.9 Å². The summed E-state index contributed by atoms with van der Waals surface area (Å²) in [4.78, 5) is 2.67. The highest BCUT2D eigenvalue weighted by Gasteiger charge is 2.20. The van der Waals surface area contributed by atoms with Crippen molar-refractivity contribution in [2.24, 2.45) is 5.92 Å². The Morgan fingerprint density at radius 2 is 2.00 bits per heavy atom. The molecule has 1 heterocycles. The fourth-order valence-electron chi connectivity index (χ4n) is 2.86. The van der Waals surface area contributed by atoms with E-state index in [0.717, 1.165) is 25.3 Å². The molecular formula is C15H25N3O2S. The number of nitrogens with one attached hydrogen (secondary N) is 2. The van der Waals surface area contributed by atoms with Crippen LogP contribution >= 0.6 is 0 Å². The normalized spacial score (nSPS) is 19.7. The van der Waals surface area contributed by atoms with Gasteiger partial charge < -0.3 is 10.2 Å². The highest BCUT2D eigenvalue weighted by Crippen LogP contribution is 2.24. The number of piperidine rings is 1. The van der Waals surface area contributed by atoms with Crippen molar-refractivity contribution in [1.29, 1.82) is 0 Å². The van der Waals surface area contributed by atoms with Crippen molar-refractivity contribution in [3.63, 3.8) is 0 Å². The summed E-state index contributed by atoms with van der Waals surface area (Å²) in [5.41, 5.74) is 1.10. The lowest BCUT2D eigenvalue weighted by Crippen LogP contribution is -2.39. The Morgan fingerprint density at radius 3 is 2.62 bits per heavy atom. The zero-order chi connectivity index (χ0) is 15.3. The molecule has 1 saturated heterocycles. The second-order valence-corrected chi connectivity index (χ2v) is 7.27. The number of anilines is 1. The zero-order valence-electron chi connectivity index (χ0n) is 12.8. The molecule has 0 spiro atoms. The molecule has 1 aliphatic heterocycles. The molecule has 0 bridgehead atoms. The molecule has 1 fully saturated rings. The van der Waals surface area contributed by atoms with Crippen molar-refractivity contribution in [3.05, 3.63) is 24.3 Å². The van der Waals surface area contributed by atoms with Crippen molar-refractivity contribution >= 4 is 15.7 Å². The van der Waals surface area contributed by atoms with Crippen LogP contribution in [0.25, 0.3) is 0 Å². The summed E-state index contributed by atoms with van der Waals surface area (Å²) in [6.07, 6.45) is 2.44. The van der Waals surface area contributed by atoms with Crippen molar-refractivity contribution in [1.82, 2.24) is 10.0 Å². The summed E-state index contributed by atoms with van der Waals surface area (Å²) in [5.74, 6) is 0.661. The van der Waals surface area contributed by atoms with Crippen LogP contribution in [0.1, 0.15) is 19.8 Å². The first-order valence-corrected chi connectivity index (χ1v) is 9.04. The summed E-state index contributed by atoms with van der Waals surface area (Å²) in [7, 11) is -1.37. The lowest BCUT2D eigenvalue weighted by atomic mass is 9.97. The fourth-order valence-corrected chi connectivity index (χ4v) is 3.91. The molecular weight excluding hydrogens is 286 g/mol. The molecule has 0 aliphatic carbocycles. The first-order chi connectivity index (χ1) is 10.1. The lowest BCUT2D eigenvalue weighted by molar-refractivity contribution is 0.403. The minimum Gasteiger partial charge on any atom is -0.371 e. The van der Waals surface area contributed by atoms with E-state index < -0.39 is 10.0 Å². The van der Waals surface area contributed by atoms with E-state index in [4.69, 9.17) is 0 Å². The summed E-state index contributed by atoms with van der Waals surface area (Å²) in [6, 6.07) is 7.20. The van der Waals surface area contributed by atoms with Crippen LogP contribution in [-0.2, 0) is 10.0 Å². The minimum absolute atomic E-state index is 0.330. The quantitative estimate of drug-likeness (QED) is 0.834. The van der Waals surface area contributed by atoms with Crippen LogP contribution in [0.3, 0.4) is 0 Å². The number of benzene rings is 1. The summed E-state index contributed by atoms with van der Waals surface area (Å²) in [6.45, 7) is 5.28. The molecule has 0 aromatic heterocycles. The summed E-state index contributed by atoms with van der Waals surface area (Å²) >= 11 is 0. The maximum Gasteiger partial charge on any atom is 0.240 e. The van der Waals surface area contributed by atoms with Crippen molar-refractivity contribution < 1.29 is 8.42 Å². The molecule has 1 atom stereocenters. The Balaban J connectivity index is 2.08. The number of hydrogen-bond acceptors (Lipinski definition) is 4. The van der Waals surface area contributed by atoms with Crippen LogP contribution in [0.15, 0.2) is 29.2 Å². The molecule has 0 radical (unpaired) electrons. The molecule has 0 amide bonds. The first-order valence-electron chi connectivity index (χ1n) is 7.56. The molecule has 118 valence electrons. The van der Waals surface area contributed by atoms with Gasteiger partial charge in [0.15, 0.2) is 0 Å². The standard InChI is InChI=1S/C15H25N3O2S/c1-3-17-21(19,20)15-8-6-14(7-9-15)18-10-4-5-13(12-18)11-16-2/h6-9,13,16-17H,3-5,10-12H2,1-2H3. The lowest BCUT2D eigenvalue weighted by Gasteiger charge is -2.34. The molecule has 0 saturated carbocycles. The van der Waals surface area contributed by atoms with E-state index in [1.807, 2.05) is 19.2 Å². The number of sulfonamides is 1. The summed E-state index contributed by atoms with van der Waals surface area (Å²) < 4.78 is 26.4. The highest BCUT2D eigenvalue weighted by atomic mass is 32.2. The van der Waals surface area contributed by atoms with Crippen molar-refractivity contribution in [3.8, 4) is 0 Å². The predicted molar refractivity (Wildman–Crippen MR) is 86.2 cm³/mol. The fraction of sp³-hybridized carbons (Fsp3) is 0.600. The largest absolute Gasteiger partial charge is 0.371 e. The number of hydrogen-bond donors (Lipinski definition) is 2. The molecule has 1 aromatic rings. The molecule has 1 aromatic carbocycles. The van der Waals surface area contributed by atoms with Crippen LogP contribution in [-0.4, -0.2) is 41.6 Å². The van der Waals surface area contributed by atoms with E-state index >= 15 is 0 Å². The number of nitrogens with zero attached hydrogens (tertiary/aromatic N) is 1. The van der Waals surface area contributed by atoms with Crippen molar-refractivity contribution in [2.75, 3.05) is 38.1 Å². The van der Waals surface area contributed by atoms with Gasteiger partial charge >= 0.3 is 0 Å². The van der Waals surface area contributed by atoms with Gasteiger partial charge in [-0.05, 0) is 56.6 Å². The van der Waals surface area contributed by atoms with E-state index in [1.54, 1.807) is 19.1 Å². The second kappa shape index (κ2) is 7.24. The monoisotopic (exact) mass is 311 g/mol. The summed E-state index contributed by atoms with van der Waals surface area (Å²) in [5, 5.41) is 3.24. The average Bonchev–Trinajstić information content (AvgIpc) is 2.48. The topological polar surface area (TPSA) is 61.4 Å². The molecule has 5 nitrogen and oxygen atoms in total. The molecule has 1 aliphatic rings. The highest BCUT2D eigenvalue weighted by molar-refractivity contribution is 7.89. The third-order valence-electron chi connectivity index (χ3n) is 3.86.